The Hall–Kier alpha value is -1.82. The van der Waals surface area contributed by atoms with Gasteiger partial charge in [0, 0.05) is 31.8 Å². The lowest BCUT2D eigenvalue weighted by Crippen LogP contribution is -2.25. The summed E-state index contributed by atoms with van der Waals surface area (Å²) in [5, 5.41) is 7.51. The van der Waals surface area contributed by atoms with Gasteiger partial charge in [0.15, 0.2) is 0 Å². The molecule has 110 valence electrons. The topological polar surface area (TPSA) is 73.2 Å². The number of ether oxygens (including phenoxy) is 1. The zero-order chi connectivity index (χ0) is 15.0. The van der Waals surface area contributed by atoms with Crippen LogP contribution in [-0.2, 0) is 20.9 Å². The van der Waals surface area contributed by atoms with Crippen LogP contribution in [0, 0.1) is 6.92 Å². The molecule has 1 rings (SSSR count). The highest BCUT2D eigenvalue weighted by molar-refractivity contribution is 6.31. The van der Waals surface area contributed by atoms with Gasteiger partial charge in [-0.05, 0) is 13.3 Å². The molecule has 1 aromatic rings. The Bertz CT molecular complexity index is 478. The first kappa shape index (κ1) is 16.2. The van der Waals surface area contributed by atoms with E-state index in [0.29, 0.717) is 31.0 Å². The van der Waals surface area contributed by atoms with Crippen LogP contribution in [0.2, 0.25) is 5.02 Å². The van der Waals surface area contributed by atoms with Crippen molar-refractivity contribution >= 4 is 23.5 Å². The maximum atomic E-state index is 11.6. The van der Waals surface area contributed by atoms with Gasteiger partial charge in [-0.25, -0.2) is 4.79 Å². The number of rotatable bonds is 7. The van der Waals surface area contributed by atoms with Crippen molar-refractivity contribution in [2.45, 2.75) is 26.3 Å². The molecule has 0 atom stereocenters. The number of halogens is 1. The van der Waals surface area contributed by atoms with Crippen molar-refractivity contribution in [2.24, 2.45) is 0 Å². The van der Waals surface area contributed by atoms with Gasteiger partial charge in [0.1, 0.15) is 0 Å². The van der Waals surface area contributed by atoms with Crippen LogP contribution in [0.5, 0.6) is 0 Å². The quantitative estimate of drug-likeness (QED) is 0.470. The van der Waals surface area contributed by atoms with E-state index >= 15 is 0 Å². The molecule has 0 radical (unpaired) electrons. The molecule has 1 heterocycles. The van der Waals surface area contributed by atoms with E-state index in [0.717, 1.165) is 5.69 Å². The lowest BCUT2D eigenvalue weighted by atomic mass is 10.3. The molecule has 1 aromatic heterocycles. The molecular weight excluding hydrogens is 282 g/mol. The van der Waals surface area contributed by atoms with Crippen LogP contribution in [-0.4, -0.2) is 35.3 Å². The number of carbonyl (C=O) groups excluding carboxylic acids is 2. The van der Waals surface area contributed by atoms with E-state index in [4.69, 9.17) is 11.6 Å². The summed E-state index contributed by atoms with van der Waals surface area (Å²) in [4.78, 5) is 22.3. The first-order valence-corrected chi connectivity index (χ1v) is 6.61. The van der Waals surface area contributed by atoms with E-state index < -0.39 is 5.97 Å². The highest BCUT2D eigenvalue weighted by Crippen LogP contribution is 2.11. The number of aromatic nitrogens is 2. The SMILES string of the molecule is COC(=O)/C=C/CCNC(=O)CCn1cc(Cl)c(C)n1. The molecule has 1 N–H and O–H groups in total. The molecule has 0 aromatic carbocycles. The van der Waals surface area contributed by atoms with Gasteiger partial charge in [-0.3, -0.25) is 9.48 Å². The zero-order valence-electron chi connectivity index (χ0n) is 11.6. The Balaban J connectivity index is 2.17. The average molecular weight is 300 g/mol. The zero-order valence-corrected chi connectivity index (χ0v) is 12.3. The summed E-state index contributed by atoms with van der Waals surface area (Å²) in [6.45, 7) is 2.77. The molecular formula is C13H18ClN3O3. The second-order valence-electron chi connectivity index (χ2n) is 4.14. The predicted molar refractivity (Wildman–Crippen MR) is 75.4 cm³/mol. The van der Waals surface area contributed by atoms with Crippen LogP contribution in [0.25, 0.3) is 0 Å². The fourth-order valence-electron chi connectivity index (χ4n) is 1.46. The maximum Gasteiger partial charge on any atom is 0.330 e. The van der Waals surface area contributed by atoms with Crippen LogP contribution in [0.4, 0.5) is 0 Å². The fraction of sp³-hybridized carbons (Fsp3) is 0.462. The van der Waals surface area contributed by atoms with Crippen molar-refractivity contribution in [3.05, 3.63) is 29.1 Å². The summed E-state index contributed by atoms with van der Waals surface area (Å²) in [6.07, 6.45) is 5.60. The molecule has 0 aliphatic carbocycles. The number of methoxy groups -OCH3 is 1. The first-order valence-electron chi connectivity index (χ1n) is 6.23. The molecule has 1 amide bonds. The van der Waals surface area contributed by atoms with E-state index in [-0.39, 0.29) is 5.91 Å². The third kappa shape index (κ3) is 5.88. The summed E-state index contributed by atoms with van der Waals surface area (Å²) >= 11 is 5.87. The Labute approximate surface area is 122 Å². The predicted octanol–water partition coefficient (Wildman–Crippen LogP) is 1.47. The van der Waals surface area contributed by atoms with Crippen LogP contribution in [0.3, 0.4) is 0 Å². The van der Waals surface area contributed by atoms with E-state index in [1.165, 1.54) is 13.2 Å². The molecule has 0 aliphatic rings. The van der Waals surface area contributed by atoms with E-state index in [9.17, 15) is 9.59 Å². The molecule has 0 aliphatic heterocycles. The molecule has 0 saturated heterocycles. The average Bonchev–Trinajstić information content (AvgIpc) is 2.75. The van der Waals surface area contributed by atoms with Gasteiger partial charge in [0.25, 0.3) is 0 Å². The molecule has 7 heteroatoms. The van der Waals surface area contributed by atoms with Gasteiger partial charge in [-0.2, -0.15) is 5.10 Å². The second-order valence-corrected chi connectivity index (χ2v) is 4.55. The smallest absolute Gasteiger partial charge is 0.330 e. The van der Waals surface area contributed by atoms with Gasteiger partial charge in [0.2, 0.25) is 5.91 Å². The van der Waals surface area contributed by atoms with Crippen molar-refractivity contribution in [1.29, 1.82) is 0 Å². The number of hydrogen-bond acceptors (Lipinski definition) is 4. The summed E-state index contributed by atoms with van der Waals surface area (Å²) in [6, 6.07) is 0. The maximum absolute atomic E-state index is 11.6. The number of carbonyl (C=O) groups is 2. The van der Waals surface area contributed by atoms with Gasteiger partial charge >= 0.3 is 5.97 Å². The Morgan fingerprint density at radius 3 is 2.90 bits per heavy atom. The van der Waals surface area contributed by atoms with Gasteiger partial charge in [-0.1, -0.05) is 17.7 Å². The highest BCUT2D eigenvalue weighted by atomic mass is 35.5. The van der Waals surface area contributed by atoms with Crippen molar-refractivity contribution < 1.29 is 14.3 Å². The van der Waals surface area contributed by atoms with Crippen LogP contribution in [0.15, 0.2) is 18.3 Å². The lowest BCUT2D eigenvalue weighted by Gasteiger charge is -2.03. The molecule has 0 bridgehead atoms. The van der Waals surface area contributed by atoms with E-state index in [2.05, 4.69) is 15.2 Å². The minimum atomic E-state index is -0.401. The van der Waals surface area contributed by atoms with E-state index in [1.54, 1.807) is 17.0 Å². The van der Waals surface area contributed by atoms with Crippen LogP contribution >= 0.6 is 11.6 Å². The minimum absolute atomic E-state index is 0.0688. The molecule has 6 nitrogen and oxygen atoms in total. The van der Waals surface area contributed by atoms with E-state index in [1.807, 2.05) is 6.92 Å². The number of nitrogens with one attached hydrogen (secondary N) is 1. The summed E-state index contributed by atoms with van der Waals surface area (Å²) < 4.78 is 6.09. The third-order valence-electron chi connectivity index (χ3n) is 2.54. The Kier molecular flexibility index (Phi) is 6.79. The monoisotopic (exact) mass is 299 g/mol. The van der Waals surface area contributed by atoms with Crippen LogP contribution in [0.1, 0.15) is 18.5 Å². The number of esters is 1. The molecule has 0 saturated carbocycles. The normalized spacial score (nSPS) is 10.8. The lowest BCUT2D eigenvalue weighted by molar-refractivity contribution is -0.134. The summed E-state index contributed by atoms with van der Waals surface area (Å²) in [7, 11) is 1.32. The third-order valence-corrected chi connectivity index (χ3v) is 2.91. The van der Waals surface area contributed by atoms with Gasteiger partial charge < -0.3 is 10.1 Å². The Morgan fingerprint density at radius 2 is 2.30 bits per heavy atom. The number of nitrogens with zero attached hydrogens (tertiary/aromatic N) is 2. The number of hydrogen-bond donors (Lipinski definition) is 1. The summed E-state index contributed by atoms with van der Waals surface area (Å²) in [5.41, 5.74) is 0.750. The van der Waals surface area contributed by atoms with Gasteiger partial charge in [-0.15, -0.1) is 0 Å². The number of amides is 1. The largest absolute Gasteiger partial charge is 0.466 e. The second kappa shape index (κ2) is 8.37. The van der Waals surface area contributed by atoms with Crippen molar-refractivity contribution in [1.82, 2.24) is 15.1 Å². The standard InChI is InChI=1S/C13H18ClN3O3/c1-10-11(14)9-17(16-10)8-6-12(18)15-7-4-3-5-13(19)20-2/h3,5,9H,4,6-8H2,1-2H3,(H,15,18)/b5-3+. The molecule has 0 spiro atoms. The van der Waals surface area contributed by atoms with Gasteiger partial charge in [0.05, 0.1) is 17.8 Å². The molecule has 20 heavy (non-hydrogen) atoms. The van der Waals surface area contributed by atoms with Crippen molar-refractivity contribution in [3.63, 3.8) is 0 Å². The highest BCUT2D eigenvalue weighted by Gasteiger charge is 2.04. The minimum Gasteiger partial charge on any atom is -0.466 e. The van der Waals surface area contributed by atoms with Crippen molar-refractivity contribution in [2.75, 3.05) is 13.7 Å². The number of aryl methyl sites for hydroxylation is 2. The van der Waals surface area contributed by atoms with Crippen molar-refractivity contribution in [3.8, 4) is 0 Å². The fourth-order valence-corrected chi connectivity index (χ4v) is 1.61. The molecule has 0 unspecified atom stereocenters. The Morgan fingerprint density at radius 1 is 1.55 bits per heavy atom. The first-order chi connectivity index (χ1) is 9.52. The summed E-state index contributed by atoms with van der Waals surface area (Å²) in [5.74, 6) is -0.469. The van der Waals surface area contributed by atoms with Crippen LogP contribution < -0.4 is 5.32 Å². The molecule has 0 fully saturated rings.